The van der Waals surface area contributed by atoms with E-state index in [4.69, 9.17) is 9.57 Å². The molecule has 0 aromatic heterocycles. The number of methoxy groups -OCH3 is 1. The fourth-order valence-electron chi connectivity index (χ4n) is 2.28. The summed E-state index contributed by atoms with van der Waals surface area (Å²) in [5, 5.41) is 4.00. The molecule has 0 atom stereocenters. The molecule has 0 spiro atoms. The Hall–Kier alpha value is -2.62. The Morgan fingerprint density at radius 3 is 2.46 bits per heavy atom. The molecule has 0 bridgehead atoms. The maximum Gasteiger partial charge on any atom is 0.159 e. The van der Waals surface area contributed by atoms with Gasteiger partial charge in [0, 0.05) is 11.1 Å². The van der Waals surface area contributed by atoms with Crippen LogP contribution in [0.2, 0.25) is 0 Å². The molecule has 0 saturated heterocycles. The molecule has 0 N–H and O–H groups in total. The molecule has 2 rings (SSSR count). The lowest BCUT2D eigenvalue weighted by Gasteiger charge is -2.08. The minimum absolute atomic E-state index is 0.00708. The first-order valence-electron chi connectivity index (χ1n) is 7.94. The van der Waals surface area contributed by atoms with Gasteiger partial charge in [-0.25, -0.2) is 0 Å². The first-order valence-corrected chi connectivity index (χ1v) is 7.94. The quantitative estimate of drug-likeness (QED) is 0.425. The van der Waals surface area contributed by atoms with Gasteiger partial charge in [-0.1, -0.05) is 43.3 Å². The van der Waals surface area contributed by atoms with Crippen molar-refractivity contribution >= 4 is 12.0 Å². The number of carbonyl (C=O) groups excluding carboxylic acids is 1. The van der Waals surface area contributed by atoms with Crippen LogP contribution in [0, 0.1) is 0 Å². The van der Waals surface area contributed by atoms with E-state index in [9.17, 15) is 4.79 Å². The smallest absolute Gasteiger partial charge is 0.159 e. The lowest BCUT2D eigenvalue weighted by molar-refractivity contribution is 0.101. The number of Topliss-reactive ketones (excluding diaryl/α,β-unsaturated/α-hetero) is 1. The van der Waals surface area contributed by atoms with E-state index in [1.807, 2.05) is 12.1 Å². The predicted octanol–water partition coefficient (Wildman–Crippen LogP) is 4.57. The Morgan fingerprint density at radius 2 is 1.88 bits per heavy atom. The van der Waals surface area contributed by atoms with Crippen LogP contribution in [0.5, 0.6) is 5.75 Å². The van der Waals surface area contributed by atoms with Gasteiger partial charge in [0.2, 0.25) is 0 Å². The van der Waals surface area contributed by atoms with E-state index in [2.05, 4.69) is 31.1 Å². The number of nitrogens with zero attached hydrogens (tertiary/aromatic N) is 1. The number of carbonyl (C=O) groups is 1. The highest BCUT2D eigenvalue weighted by molar-refractivity contribution is 5.94. The number of ketones is 1. The molecule has 0 aliphatic rings. The lowest BCUT2D eigenvalue weighted by Crippen LogP contribution is -1.98. The van der Waals surface area contributed by atoms with Crippen molar-refractivity contribution in [3.63, 3.8) is 0 Å². The monoisotopic (exact) mass is 325 g/mol. The number of hydrogen-bond donors (Lipinski definition) is 0. The standard InChI is InChI=1S/C20H23NO3/c1-14(2)17-7-5-16(6-8-17)12-21-24-13-19-11-18(15(3)22)9-10-20(19)23-4/h5-12,14H,13H2,1-4H3/b21-12-. The number of hydrogen-bond acceptors (Lipinski definition) is 4. The van der Waals surface area contributed by atoms with Gasteiger partial charge in [0.05, 0.1) is 13.3 Å². The number of rotatable bonds is 7. The second kappa shape index (κ2) is 8.29. The summed E-state index contributed by atoms with van der Waals surface area (Å²) in [7, 11) is 1.59. The van der Waals surface area contributed by atoms with E-state index in [1.54, 1.807) is 31.5 Å². The van der Waals surface area contributed by atoms with Crippen molar-refractivity contribution in [1.82, 2.24) is 0 Å². The minimum atomic E-state index is 0.00708. The van der Waals surface area contributed by atoms with Crippen LogP contribution in [0.15, 0.2) is 47.6 Å². The van der Waals surface area contributed by atoms with Crippen molar-refractivity contribution in [2.24, 2.45) is 5.16 Å². The summed E-state index contributed by atoms with van der Waals surface area (Å²) >= 11 is 0. The fraction of sp³-hybridized carbons (Fsp3) is 0.300. The average molecular weight is 325 g/mol. The molecular weight excluding hydrogens is 302 g/mol. The van der Waals surface area contributed by atoms with Crippen LogP contribution in [0.25, 0.3) is 0 Å². The summed E-state index contributed by atoms with van der Waals surface area (Å²) < 4.78 is 5.29. The summed E-state index contributed by atoms with van der Waals surface area (Å²) in [6.45, 7) is 6.10. The van der Waals surface area contributed by atoms with Gasteiger partial charge in [0.15, 0.2) is 5.78 Å². The Labute approximate surface area is 143 Å². The first kappa shape index (κ1) is 17.7. The van der Waals surface area contributed by atoms with E-state index in [0.717, 1.165) is 11.1 Å². The van der Waals surface area contributed by atoms with Crippen LogP contribution in [-0.2, 0) is 11.4 Å². The molecule has 0 unspecified atom stereocenters. The van der Waals surface area contributed by atoms with Gasteiger partial charge in [-0.15, -0.1) is 0 Å². The zero-order valence-electron chi connectivity index (χ0n) is 14.6. The van der Waals surface area contributed by atoms with E-state index < -0.39 is 0 Å². The molecule has 4 nitrogen and oxygen atoms in total. The van der Waals surface area contributed by atoms with Crippen molar-refractivity contribution in [3.8, 4) is 5.75 Å². The maximum atomic E-state index is 11.5. The molecule has 0 heterocycles. The lowest BCUT2D eigenvalue weighted by atomic mass is 10.0. The molecule has 2 aromatic rings. The van der Waals surface area contributed by atoms with Gasteiger partial charge < -0.3 is 9.57 Å². The summed E-state index contributed by atoms with van der Waals surface area (Å²) in [5.74, 6) is 1.19. The molecule has 0 aliphatic heterocycles. The summed E-state index contributed by atoms with van der Waals surface area (Å²) in [6.07, 6.45) is 1.67. The third-order valence-corrected chi connectivity index (χ3v) is 3.79. The zero-order valence-corrected chi connectivity index (χ0v) is 14.6. The van der Waals surface area contributed by atoms with Crippen LogP contribution in [0.4, 0.5) is 0 Å². The molecular formula is C20H23NO3. The molecule has 0 aliphatic carbocycles. The maximum absolute atomic E-state index is 11.5. The molecule has 126 valence electrons. The second-order valence-corrected chi connectivity index (χ2v) is 5.91. The van der Waals surface area contributed by atoms with E-state index in [1.165, 1.54) is 12.5 Å². The normalized spacial score (nSPS) is 11.0. The minimum Gasteiger partial charge on any atom is -0.496 e. The Balaban J connectivity index is 2.00. The van der Waals surface area contributed by atoms with E-state index in [-0.39, 0.29) is 12.4 Å². The average Bonchev–Trinajstić information content (AvgIpc) is 2.58. The Bertz CT molecular complexity index is 718. The van der Waals surface area contributed by atoms with Crippen LogP contribution in [0.1, 0.15) is 53.7 Å². The fourth-order valence-corrected chi connectivity index (χ4v) is 2.28. The molecule has 0 radical (unpaired) electrons. The van der Waals surface area contributed by atoms with E-state index >= 15 is 0 Å². The third-order valence-electron chi connectivity index (χ3n) is 3.79. The summed E-state index contributed by atoms with van der Waals surface area (Å²) in [6, 6.07) is 13.5. The van der Waals surface area contributed by atoms with Crippen LogP contribution in [0.3, 0.4) is 0 Å². The van der Waals surface area contributed by atoms with Gasteiger partial charge in [-0.05, 0) is 42.2 Å². The molecule has 4 heteroatoms. The highest BCUT2D eigenvalue weighted by atomic mass is 16.6. The van der Waals surface area contributed by atoms with Crippen molar-refractivity contribution in [2.75, 3.05) is 7.11 Å². The van der Waals surface area contributed by atoms with Crippen LogP contribution < -0.4 is 4.74 Å². The Morgan fingerprint density at radius 1 is 1.17 bits per heavy atom. The van der Waals surface area contributed by atoms with Crippen molar-refractivity contribution in [1.29, 1.82) is 0 Å². The molecule has 0 amide bonds. The van der Waals surface area contributed by atoms with Gasteiger partial charge in [0.25, 0.3) is 0 Å². The zero-order chi connectivity index (χ0) is 17.5. The second-order valence-electron chi connectivity index (χ2n) is 5.91. The van der Waals surface area contributed by atoms with Crippen LogP contribution >= 0.6 is 0 Å². The molecule has 24 heavy (non-hydrogen) atoms. The summed E-state index contributed by atoms with van der Waals surface area (Å²) in [4.78, 5) is 16.8. The number of oxime groups is 1. The molecule has 2 aromatic carbocycles. The highest BCUT2D eigenvalue weighted by Crippen LogP contribution is 2.21. The third kappa shape index (κ3) is 4.69. The predicted molar refractivity (Wildman–Crippen MR) is 95.9 cm³/mol. The first-order chi connectivity index (χ1) is 11.5. The van der Waals surface area contributed by atoms with Crippen LogP contribution in [-0.4, -0.2) is 19.1 Å². The van der Waals surface area contributed by atoms with E-state index in [0.29, 0.717) is 17.2 Å². The SMILES string of the molecule is COc1ccc(C(C)=O)cc1CO/N=C\c1ccc(C(C)C)cc1. The molecule has 0 saturated carbocycles. The Kier molecular flexibility index (Phi) is 6.13. The number of benzene rings is 2. The van der Waals surface area contributed by atoms with Gasteiger partial charge in [-0.2, -0.15) is 0 Å². The van der Waals surface area contributed by atoms with Gasteiger partial charge in [-0.3, -0.25) is 4.79 Å². The summed E-state index contributed by atoms with van der Waals surface area (Å²) in [5.41, 5.74) is 3.68. The number of ether oxygens (including phenoxy) is 1. The van der Waals surface area contributed by atoms with Gasteiger partial charge in [0.1, 0.15) is 12.4 Å². The van der Waals surface area contributed by atoms with Gasteiger partial charge >= 0.3 is 0 Å². The highest BCUT2D eigenvalue weighted by Gasteiger charge is 2.07. The van der Waals surface area contributed by atoms with Crippen molar-refractivity contribution in [2.45, 2.75) is 33.3 Å². The van der Waals surface area contributed by atoms with Crippen molar-refractivity contribution < 1.29 is 14.4 Å². The van der Waals surface area contributed by atoms with Crippen molar-refractivity contribution in [3.05, 3.63) is 64.7 Å². The largest absolute Gasteiger partial charge is 0.496 e. The molecule has 0 fully saturated rings. The topological polar surface area (TPSA) is 47.9 Å².